The summed E-state index contributed by atoms with van der Waals surface area (Å²) in [6, 6.07) is 8.42. The average molecular weight is 501 g/mol. The molecule has 198 valence electrons. The first-order valence-electron chi connectivity index (χ1n) is 13.2. The molecule has 0 spiro atoms. The molecule has 1 N–H and O–H groups in total. The van der Waals surface area contributed by atoms with Crippen molar-refractivity contribution in [1.29, 1.82) is 0 Å². The fourth-order valence-electron chi connectivity index (χ4n) is 5.32. The fourth-order valence-corrected chi connectivity index (χ4v) is 5.32. The highest BCUT2D eigenvalue weighted by Crippen LogP contribution is 2.24. The predicted octanol–water partition coefficient (Wildman–Crippen LogP) is 2.39. The molecule has 3 heterocycles. The van der Waals surface area contributed by atoms with Crippen LogP contribution in [0.1, 0.15) is 52.0 Å². The number of piperidine rings is 1. The third-order valence-electron chi connectivity index (χ3n) is 7.09. The smallest absolute Gasteiger partial charge is 0.411 e. The van der Waals surface area contributed by atoms with E-state index in [1.807, 2.05) is 30.3 Å². The lowest BCUT2D eigenvalue weighted by Crippen LogP contribution is -2.65. The van der Waals surface area contributed by atoms with Gasteiger partial charge in [0.2, 0.25) is 5.91 Å². The fraction of sp³-hybridized carbons (Fsp3) is 0.667. The molecule has 3 aliphatic heterocycles. The standard InChI is InChI=1S/C27H40N4O5/c1-27(2,3)36-26(34)30-16-17-31(24(32)22(30)19-35-18-20-10-6-4-7-11-20)25(33)23-21(12-13-28-23)29-14-8-5-9-15-29/h4,6-7,10-11,21-23,28H,5,8-9,12-19H2,1-3H3/t21?,22-,23-/m1/s1. The molecule has 3 atom stereocenters. The summed E-state index contributed by atoms with van der Waals surface area (Å²) in [6.45, 7) is 8.78. The van der Waals surface area contributed by atoms with Gasteiger partial charge in [-0.25, -0.2) is 4.79 Å². The minimum atomic E-state index is -0.920. The minimum absolute atomic E-state index is 0.00952. The topological polar surface area (TPSA) is 91.4 Å². The molecule has 1 aromatic carbocycles. The summed E-state index contributed by atoms with van der Waals surface area (Å²) in [4.78, 5) is 45.4. The molecule has 0 saturated carbocycles. The number of amides is 3. The Labute approximate surface area is 214 Å². The second-order valence-electron chi connectivity index (χ2n) is 10.9. The van der Waals surface area contributed by atoms with Crippen molar-refractivity contribution in [3.8, 4) is 0 Å². The van der Waals surface area contributed by atoms with E-state index in [2.05, 4.69) is 10.2 Å². The van der Waals surface area contributed by atoms with E-state index in [0.717, 1.165) is 44.5 Å². The predicted molar refractivity (Wildman–Crippen MR) is 135 cm³/mol. The van der Waals surface area contributed by atoms with Crippen LogP contribution in [0.25, 0.3) is 0 Å². The molecule has 9 nitrogen and oxygen atoms in total. The third kappa shape index (κ3) is 6.44. The van der Waals surface area contributed by atoms with Crippen molar-refractivity contribution in [2.75, 3.05) is 39.3 Å². The number of carbonyl (C=O) groups excluding carboxylic acids is 3. The van der Waals surface area contributed by atoms with Crippen LogP contribution >= 0.6 is 0 Å². The highest BCUT2D eigenvalue weighted by Gasteiger charge is 2.46. The number of hydrogen-bond donors (Lipinski definition) is 1. The number of nitrogens with one attached hydrogen (secondary N) is 1. The lowest BCUT2D eigenvalue weighted by Gasteiger charge is -2.42. The second-order valence-corrected chi connectivity index (χ2v) is 10.9. The molecular formula is C27H40N4O5. The SMILES string of the molecule is CC(C)(C)OC(=O)N1CCN(C(=O)[C@@H]2NCCC2N2CCCCC2)C(=O)[C@H]1COCc1ccccc1. The van der Waals surface area contributed by atoms with Gasteiger partial charge in [0.05, 0.1) is 13.2 Å². The third-order valence-corrected chi connectivity index (χ3v) is 7.09. The van der Waals surface area contributed by atoms with Crippen molar-refractivity contribution in [2.45, 2.75) is 76.8 Å². The highest BCUT2D eigenvalue weighted by molar-refractivity contribution is 6.02. The quantitative estimate of drug-likeness (QED) is 0.600. The molecule has 0 radical (unpaired) electrons. The number of likely N-dealkylation sites (tertiary alicyclic amines) is 1. The van der Waals surface area contributed by atoms with E-state index in [4.69, 9.17) is 9.47 Å². The lowest BCUT2D eigenvalue weighted by molar-refractivity contribution is -0.156. The van der Waals surface area contributed by atoms with E-state index in [0.29, 0.717) is 6.61 Å². The van der Waals surface area contributed by atoms with Crippen molar-refractivity contribution in [3.63, 3.8) is 0 Å². The zero-order valence-corrected chi connectivity index (χ0v) is 21.8. The van der Waals surface area contributed by atoms with E-state index in [9.17, 15) is 14.4 Å². The van der Waals surface area contributed by atoms with Crippen LogP contribution in [0, 0.1) is 0 Å². The van der Waals surface area contributed by atoms with Gasteiger partial charge in [0.1, 0.15) is 17.7 Å². The van der Waals surface area contributed by atoms with E-state index >= 15 is 0 Å². The summed E-state index contributed by atoms with van der Waals surface area (Å²) in [5.74, 6) is -0.610. The molecular weight excluding hydrogens is 460 g/mol. The molecule has 4 rings (SSSR count). The summed E-state index contributed by atoms with van der Waals surface area (Å²) in [6.07, 6.45) is 3.84. The maximum atomic E-state index is 13.7. The molecule has 9 heteroatoms. The summed E-state index contributed by atoms with van der Waals surface area (Å²) < 4.78 is 11.4. The van der Waals surface area contributed by atoms with Crippen LogP contribution in [0.5, 0.6) is 0 Å². The van der Waals surface area contributed by atoms with Crippen LogP contribution in [-0.2, 0) is 25.7 Å². The monoisotopic (exact) mass is 500 g/mol. The normalized spacial score (nSPS) is 25.8. The van der Waals surface area contributed by atoms with Gasteiger partial charge in [-0.1, -0.05) is 36.8 Å². The summed E-state index contributed by atoms with van der Waals surface area (Å²) >= 11 is 0. The van der Waals surface area contributed by atoms with Crippen LogP contribution < -0.4 is 5.32 Å². The van der Waals surface area contributed by atoms with Crippen LogP contribution in [-0.4, -0.2) is 95.7 Å². The van der Waals surface area contributed by atoms with Crippen LogP contribution in [0.3, 0.4) is 0 Å². The largest absolute Gasteiger partial charge is 0.444 e. The van der Waals surface area contributed by atoms with Gasteiger partial charge in [-0.3, -0.25) is 24.3 Å². The number of ether oxygens (including phenoxy) is 2. The number of hydrogen-bond acceptors (Lipinski definition) is 7. The Balaban J connectivity index is 1.47. The van der Waals surface area contributed by atoms with Crippen LogP contribution in [0.4, 0.5) is 4.79 Å². The number of benzene rings is 1. The molecule has 0 bridgehead atoms. The first-order chi connectivity index (χ1) is 17.2. The highest BCUT2D eigenvalue weighted by atomic mass is 16.6. The van der Waals surface area contributed by atoms with Crippen LogP contribution in [0.2, 0.25) is 0 Å². The first kappa shape index (κ1) is 26.6. The Morgan fingerprint density at radius 2 is 1.75 bits per heavy atom. The van der Waals surface area contributed by atoms with Crippen molar-refractivity contribution in [3.05, 3.63) is 35.9 Å². The maximum Gasteiger partial charge on any atom is 0.411 e. The van der Waals surface area contributed by atoms with Gasteiger partial charge < -0.3 is 14.8 Å². The molecule has 3 aliphatic rings. The lowest BCUT2D eigenvalue weighted by atomic mass is 10.0. The Kier molecular flexibility index (Phi) is 8.64. The number of imide groups is 1. The number of nitrogens with zero attached hydrogens (tertiary/aromatic N) is 3. The summed E-state index contributed by atoms with van der Waals surface area (Å²) in [5.41, 5.74) is 0.273. The van der Waals surface area contributed by atoms with E-state index in [1.54, 1.807) is 20.8 Å². The van der Waals surface area contributed by atoms with Gasteiger partial charge in [-0.15, -0.1) is 0 Å². The van der Waals surface area contributed by atoms with Gasteiger partial charge in [-0.05, 0) is 65.2 Å². The zero-order valence-electron chi connectivity index (χ0n) is 21.8. The van der Waals surface area contributed by atoms with Gasteiger partial charge in [0.15, 0.2) is 0 Å². The molecule has 3 amide bonds. The van der Waals surface area contributed by atoms with Crippen molar-refractivity contribution < 1.29 is 23.9 Å². The minimum Gasteiger partial charge on any atom is -0.444 e. The number of rotatable bonds is 6. The summed E-state index contributed by atoms with van der Waals surface area (Å²) in [5, 5.41) is 3.34. The van der Waals surface area contributed by atoms with E-state index < -0.39 is 29.7 Å². The molecule has 0 aromatic heterocycles. The molecule has 36 heavy (non-hydrogen) atoms. The van der Waals surface area contributed by atoms with Gasteiger partial charge in [-0.2, -0.15) is 0 Å². The molecule has 0 aliphatic carbocycles. The van der Waals surface area contributed by atoms with Gasteiger partial charge >= 0.3 is 6.09 Å². The molecule has 1 unspecified atom stereocenters. The zero-order chi connectivity index (χ0) is 25.7. The van der Waals surface area contributed by atoms with E-state index in [-0.39, 0.29) is 31.6 Å². The van der Waals surface area contributed by atoms with E-state index in [1.165, 1.54) is 16.2 Å². The Morgan fingerprint density at radius 3 is 2.44 bits per heavy atom. The number of piperazine rings is 1. The molecule has 3 fully saturated rings. The van der Waals surface area contributed by atoms with Gasteiger partial charge in [0.25, 0.3) is 5.91 Å². The Hall–Kier alpha value is -2.49. The van der Waals surface area contributed by atoms with Crippen molar-refractivity contribution in [2.24, 2.45) is 0 Å². The van der Waals surface area contributed by atoms with Crippen molar-refractivity contribution in [1.82, 2.24) is 20.0 Å². The first-order valence-corrected chi connectivity index (χ1v) is 13.2. The van der Waals surface area contributed by atoms with Gasteiger partial charge in [0, 0.05) is 19.1 Å². The van der Waals surface area contributed by atoms with Crippen molar-refractivity contribution >= 4 is 17.9 Å². The Morgan fingerprint density at radius 1 is 1.03 bits per heavy atom. The maximum absolute atomic E-state index is 13.7. The molecule has 1 aromatic rings. The Bertz CT molecular complexity index is 912. The average Bonchev–Trinajstić information content (AvgIpc) is 3.35. The summed E-state index contributed by atoms with van der Waals surface area (Å²) in [7, 11) is 0. The molecule has 3 saturated heterocycles. The number of carbonyl (C=O) groups is 3. The second kappa shape index (κ2) is 11.7. The van der Waals surface area contributed by atoms with Crippen LogP contribution in [0.15, 0.2) is 30.3 Å².